The third-order valence-electron chi connectivity index (χ3n) is 2.68. The van der Waals surface area contributed by atoms with Crippen LogP contribution in [0.5, 0.6) is 5.75 Å². The number of amides is 1. The summed E-state index contributed by atoms with van der Waals surface area (Å²) in [6, 6.07) is 4.71. The van der Waals surface area contributed by atoms with Crippen LogP contribution in [-0.2, 0) is 4.79 Å². The Balaban J connectivity index is 2.38. The lowest BCUT2D eigenvalue weighted by atomic mass is 10.2. The number of nitrogens with zero attached hydrogens (tertiary/aromatic N) is 2. The van der Waals surface area contributed by atoms with Crippen molar-refractivity contribution in [3.63, 3.8) is 0 Å². The summed E-state index contributed by atoms with van der Waals surface area (Å²) < 4.78 is 0. The largest absolute Gasteiger partial charge is 0.506 e. The Morgan fingerprint density at radius 2 is 2.21 bits per heavy atom. The summed E-state index contributed by atoms with van der Waals surface area (Å²) >= 11 is 5.82. The van der Waals surface area contributed by atoms with Crippen molar-refractivity contribution in [2.45, 2.75) is 13.8 Å². The highest BCUT2D eigenvalue weighted by Gasteiger charge is 2.27. The number of phenolic OH excluding ortho intramolecular Hbond substituents is 1. The van der Waals surface area contributed by atoms with E-state index < -0.39 is 0 Å². The van der Waals surface area contributed by atoms with E-state index in [1.165, 1.54) is 11.0 Å². The lowest BCUT2D eigenvalue weighted by Gasteiger charge is -2.14. The fraction of sp³-hybridized carbons (Fsp3) is 0.143. The van der Waals surface area contributed by atoms with Crippen LogP contribution in [0.1, 0.15) is 19.4 Å². The van der Waals surface area contributed by atoms with Crippen LogP contribution in [0.25, 0.3) is 6.08 Å². The Morgan fingerprint density at radius 1 is 1.53 bits per heavy atom. The molecule has 0 atom stereocenters. The highest BCUT2D eigenvalue weighted by molar-refractivity contribution is 6.32. The minimum absolute atomic E-state index is 0.00445. The van der Waals surface area contributed by atoms with Gasteiger partial charge in [0.25, 0.3) is 5.91 Å². The van der Waals surface area contributed by atoms with Crippen molar-refractivity contribution < 1.29 is 9.90 Å². The molecule has 1 heterocycles. The minimum Gasteiger partial charge on any atom is -0.506 e. The number of allylic oxidation sites excluding steroid dienone is 1. The van der Waals surface area contributed by atoms with Crippen molar-refractivity contribution in [3.05, 3.63) is 46.8 Å². The van der Waals surface area contributed by atoms with Gasteiger partial charge in [-0.25, -0.2) is 4.99 Å². The Bertz CT molecular complexity index is 632. The predicted octanol–water partition coefficient (Wildman–Crippen LogP) is 3.18. The number of aromatic hydroxyl groups is 1. The number of carbonyl (C=O) groups excluding carboxylic acids is 1. The smallest absolute Gasteiger partial charge is 0.282 e. The molecule has 5 heteroatoms. The average Bonchev–Trinajstić information content (AvgIpc) is 2.59. The number of hydrogen-bond acceptors (Lipinski definition) is 3. The molecule has 0 aliphatic carbocycles. The van der Waals surface area contributed by atoms with E-state index in [1.54, 1.807) is 32.1 Å². The van der Waals surface area contributed by atoms with Crippen molar-refractivity contribution in [2.75, 3.05) is 0 Å². The van der Waals surface area contributed by atoms with Gasteiger partial charge in [-0.05, 0) is 37.6 Å². The molecular formula is C14H13ClN2O2. The van der Waals surface area contributed by atoms with E-state index in [0.29, 0.717) is 22.8 Å². The maximum absolute atomic E-state index is 12.1. The van der Waals surface area contributed by atoms with Gasteiger partial charge in [0.15, 0.2) is 0 Å². The van der Waals surface area contributed by atoms with Crippen molar-refractivity contribution in [3.8, 4) is 5.75 Å². The third kappa shape index (κ3) is 2.53. The van der Waals surface area contributed by atoms with E-state index >= 15 is 0 Å². The number of benzene rings is 1. The first kappa shape index (κ1) is 13.4. The number of carbonyl (C=O) groups is 1. The lowest BCUT2D eigenvalue weighted by Crippen LogP contribution is -2.27. The molecule has 1 aromatic rings. The summed E-state index contributed by atoms with van der Waals surface area (Å²) in [6.07, 6.45) is 1.63. The summed E-state index contributed by atoms with van der Waals surface area (Å²) in [5, 5.41) is 9.58. The quantitative estimate of drug-likeness (QED) is 0.844. The SMILES string of the molecule is C=C(C)N1C(=O)/C(=C/c2ccc(O)c(Cl)c2)N=C1C. The fourth-order valence-electron chi connectivity index (χ4n) is 1.85. The maximum atomic E-state index is 12.1. The monoisotopic (exact) mass is 276 g/mol. The summed E-state index contributed by atoms with van der Waals surface area (Å²) in [4.78, 5) is 17.8. The Morgan fingerprint density at radius 3 is 2.74 bits per heavy atom. The zero-order chi connectivity index (χ0) is 14.2. The second-order valence-electron chi connectivity index (χ2n) is 4.28. The minimum atomic E-state index is -0.214. The van der Waals surface area contributed by atoms with Gasteiger partial charge in [0, 0.05) is 5.70 Å². The number of hydrogen-bond donors (Lipinski definition) is 1. The molecule has 1 N–H and O–H groups in total. The Labute approximate surface area is 116 Å². The van der Waals surface area contributed by atoms with Crippen LogP contribution in [0.4, 0.5) is 0 Å². The van der Waals surface area contributed by atoms with Crippen molar-refractivity contribution >= 4 is 29.4 Å². The highest BCUT2D eigenvalue weighted by atomic mass is 35.5. The normalized spacial score (nSPS) is 17.0. The Hall–Kier alpha value is -2.07. The molecule has 0 saturated heterocycles. The number of halogens is 1. The average molecular weight is 277 g/mol. The molecule has 0 spiro atoms. The molecule has 0 fully saturated rings. The van der Waals surface area contributed by atoms with Crippen LogP contribution in [0.3, 0.4) is 0 Å². The third-order valence-corrected chi connectivity index (χ3v) is 2.99. The molecule has 0 radical (unpaired) electrons. The Kier molecular flexibility index (Phi) is 3.44. The molecular weight excluding hydrogens is 264 g/mol. The van der Waals surface area contributed by atoms with Crippen molar-refractivity contribution in [2.24, 2.45) is 4.99 Å². The van der Waals surface area contributed by atoms with E-state index in [-0.39, 0.29) is 16.7 Å². The summed E-state index contributed by atoms with van der Waals surface area (Å²) in [6.45, 7) is 7.24. The van der Waals surface area contributed by atoms with E-state index in [9.17, 15) is 9.90 Å². The topological polar surface area (TPSA) is 52.9 Å². The van der Waals surface area contributed by atoms with Crippen molar-refractivity contribution in [1.82, 2.24) is 4.90 Å². The zero-order valence-electron chi connectivity index (χ0n) is 10.6. The molecule has 4 nitrogen and oxygen atoms in total. The molecule has 0 unspecified atom stereocenters. The van der Waals surface area contributed by atoms with Gasteiger partial charge in [0.05, 0.1) is 5.02 Å². The van der Waals surface area contributed by atoms with Crippen LogP contribution >= 0.6 is 11.6 Å². The second kappa shape index (κ2) is 4.90. The first-order chi connectivity index (χ1) is 8.90. The molecule has 2 rings (SSSR count). The van der Waals surface area contributed by atoms with Gasteiger partial charge >= 0.3 is 0 Å². The van der Waals surface area contributed by atoms with E-state index in [4.69, 9.17) is 11.6 Å². The molecule has 98 valence electrons. The van der Waals surface area contributed by atoms with E-state index in [2.05, 4.69) is 11.6 Å². The van der Waals surface area contributed by atoms with E-state index in [1.807, 2.05) is 0 Å². The predicted molar refractivity (Wildman–Crippen MR) is 75.9 cm³/mol. The molecule has 1 aromatic carbocycles. The number of aliphatic imine (C=N–C) groups is 1. The van der Waals surface area contributed by atoms with Crippen LogP contribution in [0.15, 0.2) is 41.2 Å². The van der Waals surface area contributed by atoms with Crippen molar-refractivity contribution in [1.29, 1.82) is 0 Å². The van der Waals surface area contributed by atoms with Crippen LogP contribution in [0.2, 0.25) is 5.02 Å². The summed E-state index contributed by atoms with van der Waals surface area (Å²) in [7, 11) is 0. The van der Waals surface area contributed by atoms with Gasteiger partial charge in [-0.2, -0.15) is 0 Å². The summed E-state index contributed by atoms with van der Waals surface area (Å²) in [5.74, 6) is 0.382. The number of rotatable bonds is 2. The molecule has 0 aromatic heterocycles. The lowest BCUT2D eigenvalue weighted by molar-refractivity contribution is -0.121. The van der Waals surface area contributed by atoms with Gasteiger partial charge in [-0.1, -0.05) is 24.2 Å². The molecule has 0 saturated carbocycles. The fourth-order valence-corrected chi connectivity index (χ4v) is 2.04. The molecule has 1 amide bonds. The van der Waals surface area contributed by atoms with Crippen LogP contribution < -0.4 is 0 Å². The molecule has 1 aliphatic heterocycles. The number of amidine groups is 1. The first-order valence-electron chi connectivity index (χ1n) is 5.65. The summed E-state index contributed by atoms with van der Waals surface area (Å²) in [5.41, 5.74) is 1.65. The van der Waals surface area contributed by atoms with Gasteiger partial charge in [0.1, 0.15) is 17.3 Å². The second-order valence-corrected chi connectivity index (χ2v) is 4.68. The molecule has 19 heavy (non-hydrogen) atoms. The molecule has 0 bridgehead atoms. The van der Waals surface area contributed by atoms with Gasteiger partial charge in [-0.3, -0.25) is 9.69 Å². The highest BCUT2D eigenvalue weighted by Crippen LogP contribution is 2.26. The molecule has 1 aliphatic rings. The standard InChI is InChI=1S/C14H13ClN2O2/c1-8(2)17-9(3)16-12(14(17)19)7-10-4-5-13(18)11(15)6-10/h4-7,18H,1H2,2-3H3/b12-7-. The van der Waals surface area contributed by atoms with Gasteiger partial charge < -0.3 is 5.11 Å². The number of phenols is 1. The van der Waals surface area contributed by atoms with Crippen LogP contribution in [-0.4, -0.2) is 21.7 Å². The first-order valence-corrected chi connectivity index (χ1v) is 6.03. The maximum Gasteiger partial charge on any atom is 0.282 e. The van der Waals surface area contributed by atoms with E-state index in [0.717, 1.165) is 0 Å². The van der Waals surface area contributed by atoms with Crippen LogP contribution in [0, 0.1) is 0 Å². The zero-order valence-corrected chi connectivity index (χ0v) is 11.4. The van der Waals surface area contributed by atoms with Gasteiger partial charge in [-0.15, -0.1) is 0 Å². The van der Waals surface area contributed by atoms with Gasteiger partial charge in [0.2, 0.25) is 0 Å².